The highest BCUT2D eigenvalue weighted by Crippen LogP contribution is 2.51. The van der Waals surface area contributed by atoms with Gasteiger partial charge in [0.05, 0.1) is 38.0 Å². The van der Waals surface area contributed by atoms with Crippen LogP contribution in [0.15, 0.2) is 41.3 Å². The molecule has 0 aromatic heterocycles. The summed E-state index contributed by atoms with van der Waals surface area (Å²) in [6, 6.07) is 7.23. The number of hydrogen-bond donors (Lipinski definition) is 3. The minimum Gasteiger partial charge on any atom is -0.456 e. The fraction of sp³-hybridized carbons (Fsp3) is 0.391. The summed E-state index contributed by atoms with van der Waals surface area (Å²) in [5.41, 5.74) is 2.76. The molecule has 4 aliphatic rings. The molecule has 0 bridgehead atoms. The standard InChI is InChI=1S/C46H47Cl3N4O13S3/c1-45(2)18-24(21-68-66-65-59)26-14-28-33(16-31(26)51(45)5)63-34-17-32-27(25(23-69(60,61)62)19-46(3,4)52(32)6)15-29(34)39(28)40-30(20-54)41(47)43(49)44(42(40)48)67-22-35(55)50-13-9-7-8-10-38(58)64-53-36(56)11-12-37(53)57/h14-20H,7-13,21-23H2,1-6H3,(H2-,50,55,59,60,61,62)/p+1. The van der Waals surface area contributed by atoms with Crippen molar-refractivity contribution < 1.29 is 61.1 Å². The van der Waals surface area contributed by atoms with E-state index in [9.17, 15) is 36.9 Å². The number of ether oxygens (including phenoxy) is 1. The number of rotatable bonds is 18. The van der Waals surface area contributed by atoms with Gasteiger partial charge in [-0.3, -0.25) is 23.7 Å². The first kappa shape index (κ1) is 52.3. The number of nitrogens with one attached hydrogen (secondary N) is 1. The molecule has 17 nitrogen and oxygen atoms in total. The van der Waals surface area contributed by atoms with Crippen LogP contribution >= 0.6 is 58.6 Å². The van der Waals surface area contributed by atoms with Crippen molar-refractivity contribution in [1.29, 1.82) is 0 Å². The van der Waals surface area contributed by atoms with Gasteiger partial charge in [-0.05, 0) is 56.0 Å². The summed E-state index contributed by atoms with van der Waals surface area (Å²) >= 11 is 23.1. The van der Waals surface area contributed by atoms with E-state index < -0.39 is 44.7 Å². The zero-order valence-corrected chi connectivity index (χ0v) is 42.9. The molecule has 3 aromatic rings. The Morgan fingerprint density at radius 1 is 0.942 bits per heavy atom. The predicted molar refractivity (Wildman–Crippen MR) is 263 cm³/mol. The normalized spacial score (nSPS) is 16.8. The van der Waals surface area contributed by atoms with Gasteiger partial charge in [-0.2, -0.15) is 8.42 Å². The van der Waals surface area contributed by atoms with E-state index in [1.165, 1.54) is 0 Å². The zero-order valence-electron chi connectivity index (χ0n) is 38.2. The number of benzene rings is 3. The number of hydroxylamine groups is 2. The molecule has 3 N–H and O–H groups in total. The van der Waals surface area contributed by atoms with Gasteiger partial charge in [0.25, 0.3) is 21.9 Å². The maximum absolute atomic E-state index is 13.3. The number of imide groups is 1. The van der Waals surface area contributed by atoms with E-state index in [1.54, 1.807) is 18.2 Å². The smallest absolute Gasteiger partial charge is 0.333 e. The summed E-state index contributed by atoms with van der Waals surface area (Å²) in [5, 5.41) is 16.9. The van der Waals surface area contributed by atoms with Crippen LogP contribution in [0.4, 0.5) is 5.69 Å². The molecule has 7 rings (SSSR count). The lowest BCUT2D eigenvalue weighted by molar-refractivity contribution is -0.432. The Morgan fingerprint density at radius 3 is 2.32 bits per heavy atom. The van der Waals surface area contributed by atoms with E-state index >= 15 is 0 Å². The third-order valence-electron chi connectivity index (χ3n) is 12.4. The van der Waals surface area contributed by atoms with Crippen LogP contribution in [0.1, 0.15) is 98.8 Å². The topological polar surface area (TPSA) is 218 Å². The fourth-order valence-corrected chi connectivity index (χ4v) is 11.7. The molecule has 0 aliphatic carbocycles. The Balaban J connectivity index is 1.29. The number of halogens is 3. The molecule has 4 heterocycles. The van der Waals surface area contributed by atoms with E-state index in [1.807, 2.05) is 64.6 Å². The van der Waals surface area contributed by atoms with Gasteiger partial charge in [-0.15, -0.1) is 21.2 Å². The van der Waals surface area contributed by atoms with Gasteiger partial charge in [-0.1, -0.05) is 52.3 Å². The lowest BCUT2D eigenvalue weighted by Crippen LogP contribution is -2.47. The van der Waals surface area contributed by atoms with Gasteiger partial charge < -0.3 is 19.8 Å². The molecule has 0 radical (unpaired) electrons. The van der Waals surface area contributed by atoms with E-state index in [0.29, 0.717) is 75.0 Å². The number of anilines is 1. The molecular formula is C46H48Cl3N4O13S3+. The van der Waals surface area contributed by atoms with Crippen molar-refractivity contribution in [3.8, 4) is 11.5 Å². The van der Waals surface area contributed by atoms with Crippen molar-refractivity contribution in [3.05, 3.63) is 89.9 Å². The zero-order chi connectivity index (χ0) is 50.3. The van der Waals surface area contributed by atoms with Crippen LogP contribution in [-0.2, 0) is 43.5 Å². The summed E-state index contributed by atoms with van der Waals surface area (Å²) in [6.07, 6.45) is 5.73. The average molecular weight is 1070 g/mol. The van der Waals surface area contributed by atoms with Crippen molar-refractivity contribution in [3.63, 3.8) is 0 Å². The molecule has 69 heavy (non-hydrogen) atoms. The molecule has 1 fully saturated rings. The second kappa shape index (κ2) is 20.7. The molecule has 0 atom stereocenters. The number of unbranched alkanes of at least 4 members (excludes halogenated alkanes) is 2. The first-order valence-electron chi connectivity index (χ1n) is 21.5. The molecule has 1 saturated heterocycles. The number of likely N-dealkylation sites (N-methyl/N-ethyl adjacent to an activating group) is 2. The molecular weight excluding hydrogens is 1020 g/mol. The number of aldehydes is 1. The Morgan fingerprint density at radius 2 is 1.65 bits per heavy atom. The van der Waals surface area contributed by atoms with Crippen molar-refractivity contribution in [2.24, 2.45) is 0 Å². The van der Waals surface area contributed by atoms with Crippen molar-refractivity contribution in [2.75, 3.05) is 42.8 Å². The second-order valence-corrected chi connectivity index (χ2v) is 22.0. The molecule has 0 spiro atoms. The summed E-state index contributed by atoms with van der Waals surface area (Å²) in [5.74, 6) is -2.15. The van der Waals surface area contributed by atoms with Gasteiger partial charge in [0.1, 0.15) is 24.3 Å². The number of thioether (sulfide) groups is 1. The van der Waals surface area contributed by atoms with Crippen molar-refractivity contribution in [1.82, 2.24) is 15.0 Å². The first-order valence-corrected chi connectivity index (χ1v) is 26.1. The second-order valence-electron chi connectivity index (χ2n) is 17.8. The Bertz CT molecular complexity index is 3000. The number of amides is 3. The highest BCUT2D eigenvalue weighted by Gasteiger charge is 2.38. The van der Waals surface area contributed by atoms with Gasteiger partial charge in [0.15, 0.2) is 11.8 Å². The van der Waals surface area contributed by atoms with Crippen molar-refractivity contribution in [2.45, 2.75) is 82.2 Å². The van der Waals surface area contributed by atoms with Crippen LogP contribution in [0, 0.1) is 0 Å². The summed E-state index contributed by atoms with van der Waals surface area (Å²) in [7, 11) is -0.740. The van der Waals surface area contributed by atoms with Crippen LogP contribution in [0.3, 0.4) is 0 Å². The third kappa shape index (κ3) is 10.9. The molecule has 368 valence electrons. The van der Waals surface area contributed by atoms with Crippen LogP contribution in [0.2, 0.25) is 15.1 Å². The largest absolute Gasteiger partial charge is 0.456 e. The predicted octanol–water partition coefficient (Wildman–Crippen LogP) is 7.05. The summed E-state index contributed by atoms with van der Waals surface area (Å²) in [4.78, 5) is 69.3. The number of nitrogens with zero attached hydrogens (tertiary/aromatic N) is 3. The van der Waals surface area contributed by atoms with Crippen molar-refractivity contribution >= 4 is 121 Å². The minimum atomic E-state index is -4.52. The van der Waals surface area contributed by atoms with E-state index in [-0.39, 0.29) is 74.3 Å². The molecule has 3 aromatic carbocycles. The number of fused-ring (bicyclic) bond motifs is 4. The highest BCUT2D eigenvalue weighted by molar-refractivity contribution is 8.00. The first-order chi connectivity index (χ1) is 32.5. The van der Waals surface area contributed by atoms with E-state index in [0.717, 1.165) is 40.6 Å². The quantitative estimate of drug-likeness (QED) is 0.00869. The Labute approximate surface area is 421 Å². The maximum atomic E-state index is 13.3. The van der Waals surface area contributed by atoms with Gasteiger partial charge in [0.2, 0.25) is 11.3 Å². The average Bonchev–Trinajstić information content (AvgIpc) is 3.59. The van der Waals surface area contributed by atoms with Crippen LogP contribution in [0.5, 0.6) is 11.5 Å². The number of hydrogen-bond acceptors (Lipinski definition) is 15. The van der Waals surface area contributed by atoms with E-state index in [2.05, 4.69) is 15.3 Å². The van der Waals surface area contributed by atoms with Crippen LogP contribution in [0.25, 0.3) is 16.7 Å². The van der Waals surface area contributed by atoms with Gasteiger partial charge >= 0.3 is 5.97 Å². The lowest BCUT2D eigenvalue weighted by Gasteiger charge is -2.41. The SMILES string of the molecule is CN1c2cc3c(cc2C(CSOOO)=CC1(C)C)C(c1c(Cl)c(SCC(=O)NCCCCCC(=O)ON2C(=O)CCC2=O)c(Cl)c(Cl)c1C=O)=c1cc2c(cc1O3)=[N+](C)C(C)(C)C=C2CS(=O)(=O)O. The van der Waals surface area contributed by atoms with Gasteiger partial charge in [-0.25, -0.2) is 14.6 Å². The van der Waals surface area contributed by atoms with Crippen LogP contribution < -0.4 is 30.1 Å². The third-order valence-corrected chi connectivity index (χ3v) is 16.2. The molecule has 3 amide bonds. The molecule has 4 aliphatic heterocycles. The number of carbonyl (C=O) groups excluding carboxylic acids is 5. The number of carbonyl (C=O) groups is 5. The summed E-state index contributed by atoms with van der Waals surface area (Å²) in [6.45, 7) is 8.11. The fourth-order valence-electron chi connectivity index (χ4n) is 8.60. The lowest BCUT2D eigenvalue weighted by atomic mass is 9.83. The summed E-state index contributed by atoms with van der Waals surface area (Å²) < 4.78 is 48.6. The molecule has 0 unspecified atom stereocenters. The molecule has 0 saturated carbocycles. The Kier molecular flexibility index (Phi) is 15.7. The Hall–Kier alpha value is -4.48. The minimum absolute atomic E-state index is 0.00194. The van der Waals surface area contributed by atoms with Gasteiger partial charge in [0, 0.05) is 114 Å². The molecule has 23 heteroatoms. The maximum Gasteiger partial charge on any atom is 0.333 e. The van der Waals surface area contributed by atoms with Crippen LogP contribution in [-0.4, -0.2) is 102 Å². The van der Waals surface area contributed by atoms with E-state index in [4.69, 9.17) is 54.0 Å². The highest BCUT2D eigenvalue weighted by atomic mass is 35.5. The monoisotopic (exact) mass is 1070 g/mol.